The number of rotatable bonds is 4. The molecule has 28 heavy (non-hydrogen) atoms. The number of primary amides is 1. The zero-order valence-corrected chi connectivity index (χ0v) is 16.3. The van der Waals surface area contributed by atoms with Crippen LogP contribution in [0.3, 0.4) is 0 Å². The number of aromatic nitrogens is 1. The van der Waals surface area contributed by atoms with Crippen molar-refractivity contribution in [1.29, 1.82) is 0 Å². The van der Waals surface area contributed by atoms with Crippen LogP contribution in [0, 0.1) is 0 Å². The van der Waals surface area contributed by atoms with Crippen LogP contribution < -0.4 is 5.73 Å². The van der Waals surface area contributed by atoms with Gasteiger partial charge in [-0.1, -0.05) is 24.3 Å². The highest BCUT2D eigenvalue weighted by Gasteiger charge is 2.27. The summed E-state index contributed by atoms with van der Waals surface area (Å²) in [7, 11) is 0. The Labute approximate surface area is 166 Å². The zero-order valence-electron chi connectivity index (χ0n) is 15.5. The average Bonchev–Trinajstić information content (AvgIpc) is 3.19. The lowest BCUT2D eigenvalue weighted by molar-refractivity contribution is -0.125. The number of hydrogen-bond donors (Lipinski definition) is 1. The summed E-state index contributed by atoms with van der Waals surface area (Å²) >= 11 is 1.67. The number of thiophene rings is 1. The number of esters is 1. The van der Waals surface area contributed by atoms with Gasteiger partial charge in [0.2, 0.25) is 0 Å². The Hall–Kier alpha value is -2.99. The fourth-order valence-electron chi connectivity index (χ4n) is 3.53. The molecule has 5 nitrogen and oxygen atoms in total. The molecule has 2 N–H and O–H groups in total. The van der Waals surface area contributed by atoms with Crippen LogP contribution in [0.5, 0.6) is 0 Å². The Morgan fingerprint density at radius 1 is 1.21 bits per heavy atom. The van der Waals surface area contributed by atoms with Crippen LogP contribution in [-0.4, -0.2) is 23.0 Å². The largest absolute Gasteiger partial charge is 0.449 e. The van der Waals surface area contributed by atoms with Crippen molar-refractivity contribution in [2.75, 3.05) is 0 Å². The lowest BCUT2D eigenvalue weighted by Crippen LogP contribution is -2.31. The number of fused-ring (bicyclic) bond motifs is 2. The van der Waals surface area contributed by atoms with Crippen LogP contribution in [0.15, 0.2) is 41.8 Å². The third-order valence-electron chi connectivity index (χ3n) is 4.92. The Morgan fingerprint density at radius 3 is 2.79 bits per heavy atom. The van der Waals surface area contributed by atoms with Crippen LogP contribution in [0.2, 0.25) is 0 Å². The monoisotopic (exact) mass is 392 g/mol. The molecule has 0 radical (unpaired) electrons. The van der Waals surface area contributed by atoms with E-state index in [-0.39, 0.29) is 0 Å². The first-order valence-electron chi connectivity index (χ1n) is 9.21. The number of carbonyl (C=O) groups is 2. The molecular formula is C22H20N2O3S. The lowest BCUT2D eigenvalue weighted by atomic mass is 9.86. The molecule has 0 bridgehead atoms. The number of amides is 1. The van der Waals surface area contributed by atoms with E-state index in [1.54, 1.807) is 11.3 Å². The van der Waals surface area contributed by atoms with E-state index < -0.39 is 18.0 Å². The summed E-state index contributed by atoms with van der Waals surface area (Å²) in [5, 5.41) is 2.78. The van der Waals surface area contributed by atoms with Crippen molar-refractivity contribution in [1.82, 2.24) is 4.98 Å². The van der Waals surface area contributed by atoms with Crippen molar-refractivity contribution < 1.29 is 14.3 Å². The SMILES string of the molecule is CC(OC(=O)c1c2c(nc3ccccc13)/C(=C\c1cccs1)CCC2)C(N)=O. The van der Waals surface area contributed by atoms with Gasteiger partial charge in [0.1, 0.15) is 0 Å². The van der Waals surface area contributed by atoms with Crippen molar-refractivity contribution in [3.8, 4) is 0 Å². The first-order valence-corrected chi connectivity index (χ1v) is 10.1. The molecule has 1 aliphatic rings. The number of hydrogen-bond acceptors (Lipinski definition) is 5. The van der Waals surface area contributed by atoms with E-state index in [1.165, 1.54) is 6.92 Å². The van der Waals surface area contributed by atoms with Crippen molar-refractivity contribution in [2.45, 2.75) is 32.3 Å². The van der Waals surface area contributed by atoms with Gasteiger partial charge in [0.05, 0.1) is 16.8 Å². The van der Waals surface area contributed by atoms with Crippen LogP contribution >= 0.6 is 11.3 Å². The molecule has 1 aromatic carbocycles. The molecule has 142 valence electrons. The molecular weight excluding hydrogens is 372 g/mol. The molecule has 6 heteroatoms. The van der Waals surface area contributed by atoms with E-state index in [0.29, 0.717) is 5.56 Å². The van der Waals surface area contributed by atoms with Gasteiger partial charge in [-0.15, -0.1) is 11.3 Å². The van der Waals surface area contributed by atoms with Crippen molar-refractivity contribution in [3.05, 3.63) is 63.5 Å². The Bertz CT molecular complexity index is 1090. The first-order chi connectivity index (χ1) is 13.5. The van der Waals surface area contributed by atoms with Gasteiger partial charge in [-0.25, -0.2) is 9.78 Å². The quantitative estimate of drug-likeness (QED) is 0.675. The summed E-state index contributed by atoms with van der Waals surface area (Å²) in [6.07, 6.45) is 3.73. The van der Waals surface area contributed by atoms with Crippen LogP contribution in [0.1, 0.15) is 46.3 Å². The number of nitrogens with zero attached hydrogens (tertiary/aromatic N) is 1. The average molecular weight is 392 g/mol. The third kappa shape index (κ3) is 3.43. The molecule has 3 aromatic rings. The summed E-state index contributed by atoms with van der Waals surface area (Å²) in [6.45, 7) is 1.48. The van der Waals surface area contributed by atoms with E-state index in [2.05, 4.69) is 12.1 Å². The molecule has 0 saturated carbocycles. The second-order valence-corrected chi connectivity index (χ2v) is 7.80. The van der Waals surface area contributed by atoms with Gasteiger partial charge >= 0.3 is 5.97 Å². The van der Waals surface area contributed by atoms with Crippen molar-refractivity contribution in [2.24, 2.45) is 5.73 Å². The number of pyridine rings is 1. The normalized spacial score (nSPS) is 16.0. The summed E-state index contributed by atoms with van der Waals surface area (Å²) in [6, 6.07) is 11.6. The smallest absolute Gasteiger partial charge is 0.339 e. The maximum absolute atomic E-state index is 13.0. The highest BCUT2D eigenvalue weighted by molar-refractivity contribution is 7.10. The van der Waals surface area contributed by atoms with Crippen molar-refractivity contribution in [3.63, 3.8) is 0 Å². The molecule has 0 saturated heterocycles. The topological polar surface area (TPSA) is 82.3 Å². The van der Waals surface area contributed by atoms with Gasteiger partial charge < -0.3 is 10.5 Å². The number of benzene rings is 1. The fourth-order valence-corrected chi connectivity index (χ4v) is 4.21. The van der Waals surface area contributed by atoms with Gasteiger partial charge in [-0.05, 0) is 60.9 Å². The molecule has 0 fully saturated rings. The molecule has 0 aliphatic heterocycles. The maximum atomic E-state index is 13.0. The van der Waals surface area contributed by atoms with Gasteiger partial charge in [-0.2, -0.15) is 0 Å². The highest BCUT2D eigenvalue weighted by Crippen LogP contribution is 2.36. The van der Waals surface area contributed by atoms with Crippen LogP contribution in [0.4, 0.5) is 0 Å². The number of ether oxygens (including phenoxy) is 1. The van der Waals surface area contributed by atoms with Crippen molar-refractivity contribution >= 4 is 45.8 Å². The van der Waals surface area contributed by atoms with Gasteiger partial charge in [0.15, 0.2) is 6.10 Å². The molecule has 2 aromatic heterocycles. The number of allylic oxidation sites excluding steroid dienone is 1. The summed E-state index contributed by atoms with van der Waals surface area (Å²) in [5.74, 6) is -1.20. The minimum absolute atomic E-state index is 0.491. The summed E-state index contributed by atoms with van der Waals surface area (Å²) in [5.41, 5.74) is 9.35. The predicted octanol–water partition coefficient (Wildman–Crippen LogP) is 4.20. The molecule has 1 unspecified atom stereocenters. The van der Waals surface area contributed by atoms with Gasteiger partial charge in [0.25, 0.3) is 5.91 Å². The Kier molecular flexibility index (Phi) is 4.96. The number of para-hydroxylation sites is 1. The highest BCUT2D eigenvalue weighted by atomic mass is 32.1. The van der Waals surface area contributed by atoms with E-state index in [4.69, 9.17) is 15.5 Å². The van der Waals surface area contributed by atoms with Crippen LogP contribution in [-0.2, 0) is 16.0 Å². The Morgan fingerprint density at radius 2 is 2.04 bits per heavy atom. The lowest BCUT2D eigenvalue weighted by Gasteiger charge is -2.23. The zero-order chi connectivity index (χ0) is 19.7. The van der Waals surface area contributed by atoms with Gasteiger partial charge in [0, 0.05) is 10.3 Å². The number of nitrogens with two attached hydrogens (primary N) is 1. The second-order valence-electron chi connectivity index (χ2n) is 6.82. The first kappa shape index (κ1) is 18.4. The van der Waals surface area contributed by atoms with E-state index in [9.17, 15) is 9.59 Å². The third-order valence-corrected chi connectivity index (χ3v) is 5.74. The maximum Gasteiger partial charge on any atom is 0.339 e. The van der Waals surface area contributed by atoms with Crippen LogP contribution in [0.25, 0.3) is 22.6 Å². The Balaban J connectivity index is 1.89. The fraction of sp³-hybridized carbons (Fsp3) is 0.227. The minimum atomic E-state index is -0.986. The predicted molar refractivity (Wildman–Crippen MR) is 111 cm³/mol. The van der Waals surface area contributed by atoms with E-state index in [0.717, 1.165) is 51.9 Å². The minimum Gasteiger partial charge on any atom is -0.449 e. The molecule has 1 aliphatic carbocycles. The second kappa shape index (κ2) is 7.56. The molecule has 1 atom stereocenters. The molecule has 0 spiro atoms. The molecule has 1 amide bonds. The van der Waals surface area contributed by atoms with E-state index >= 15 is 0 Å². The standard InChI is InChI=1S/C22H20N2O3S/c1-13(21(23)25)27-22(26)19-16-8-2-3-10-18(16)24-20-14(6-4-9-17(19)20)12-15-7-5-11-28-15/h2-3,5,7-8,10-13H,4,6,9H2,1H3,(H2,23,25)/b14-12-. The number of carbonyl (C=O) groups excluding carboxylic acids is 2. The summed E-state index contributed by atoms with van der Waals surface area (Å²) in [4.78, 5) is 30.4. The molecule has 2 heterocycles. The van der Waals surface area contributed by atoms with Gasteiger partial charge in [-0.3, -0.25) is 4.79 Å². The summed E-state index contributed by atoms with van der Waals surface area (Å²) < 4.78 is 5.35. The molecule has 4 rings (SSSR count). The van der Waals surface area contributed by atoms with E-state index in [1.807, 2.05) is 35.7 Å².